The van der Waals surface area contributed by atoms with Crippen LogP contribution < -0.4 is 15.4 Å². The molecular weight excluding hydrogens is 287 g/mol. The fraction of sp³-hybridized carbons (Fsp3) is 0.364. The van der Waals surface area contributed by atoms with Gasteiger partial charge in [0.15, 0.2) is 0 Å². The lowest BCUT2D eigenvalue weighted by Crippen LogP contribution is -2.37. The first kappa shape index (κ1) is 16.0. The number of para-hydroxylation sites is 2. The number of benzene rings is 1. The number of hydrogen-bond donors (Lipinski definition) is 2. The zero-order valence-corrected chi connectivity index (χ0v) is 10.0. The van der Waals surface area contributed by atoms with E-state index in [0.717, 1.165) is 0 Å². The molecule has 0 aliphatic heterocycles. The van der Waals surface area contributed by atoms with E-state index in [9.17, 15) is 26.7 Å². The highest BCUT2D eigenvalue weighted by Gasteiger charge is 2.27. The number of carbonyl (C=O) groups excluding carboxylic acids is 1. The van der Waals surface area contributed by atoms with E-state index in [-0.39, 0.29) is 11.4 Å². The van der Waals surface area contributed by atoms with Crippen molar-refractivity contribution >= 4 is 11.6 Å². The molecule has 1 aromatic rings. The van der Waals surface area contributed by atoms with Gasteiger partial charge in [-0.2, -0.15) is 22.0 Å². The number of ether oxygens (including phenoxy) is 1. The number of rotatable bonds is 6. The van der Waals surface area contributed by atoms with Crippen molar-refractivity contribution in [2.24, 2.45) is 0 Å². The van der Waals surface area contributed by atoms with Crippen molar-refractivity contribution in [2.75, 3.05) is 18.4 Å². The Morgan fingerprint density at radius 2 is 1.90 bits per heavy atom. The summed E-state index contributed by atoms with van der Waals surface area (Å²) in [5, 5.41) is 4.05. The van der Waals surface area contributed by atoms with Crippen LogP contribution in [-0.4, -0.2) is 31.8 Å². The van der Waals surface area contributed by atoms with Gasteiger partial charge in [0.1, 0.15) is 12.3 Å². The predicted molar refractivity (Wildman–Crippen MR) is 60.6 cm³/mol. The summed E-state index contributed by atoms with van der Waals surface area (Å²) < 4.78 is 63.9. The summed E-state index contributed by atoms with van der Waals surface area (Å²) in [5.74, 6) is -1.12. The molecule has 20 heavy (non-hydrogen) atoms. The number of hydrogen-bond acceptors (Lipinski definition) is 3. The summed E-state index contributed by atoms with van der Waals surface area (Å²) in [6.45, 7) is -5.00. The van der Waals surface area contributed by atoms with Gasteiger partial charge >= 0.3 is 12.8 Å². The maximum absolute atomic E-state index is 12.1. The van der Waals surface area contributed by atoms with E-state index in [1.165, 1.54) is 24.3 Å². The maximum atomic E-state index is 12.1. The molecule has 112 valence electrons. The Morgan fingerprint density at radius 1 is 1.25 bits per heavy atom. The van der Waals surface area contributed by atoms with Crippen LogP contribution >= 0.6 is 0 Å². The SMILES string of the molecule is O=C(CNc1ccccc1OC(F)F)NCC(F)(F)F. The molecule has 1 aromatic carbocycles. The standard InChI is InChI=1S/C11H11F5N2O2/c12-10(13)20-8-4-2-1-3-7(8)17-5-9(19)18-6-11(14,15)16/h1-4,10,17H,5-6H2,(H,18,19). The van der Waals surface area contributed by atoms with Crippen molar-refractivity contribution < 1.29 is 31.5 Å². The van der Waals surface area contributed by atoms with Crippen LogP contribution in [-0.2, 0) is 4.79 Å². The Kier molecular flexibility index (Phi) is 5.53. The quantitative estimate of drug-likeness (QED) is 0.793. The summed E-state index contributed by atoms with van der Waals surface area (Å²) >= 11 is 0. The molecule has 0 unspecified atom stereocenters. The minimum Gasteiger partial charge on any atom is -0.433 e. The van der Waals surface area contributed by atoms with E-state index in [1.54, 1.807) is 5.32 Å². The summed E-state index contributed by atoms with van der Waals surface area (Å²) in [6, 6.07) is 5.53. The molecule has 2 N–H and O–H groups in total. The molecule has 0 spiro atoms. The number of carbonyl (C=O) groups is 1. The molecule has 0 bridgehead atoms. The molecular formula is C11H11F5N2O2. The number of nitrogens with one attached hydrogen (secondary N) is 2. The van der Waals surface area contributed by atoms with Crippen molar-refractivity contribution in [2.45, 2.75) is 12.8 Å². The summed E-state index contributed by atoms with van der Waals surface area (Å²) in [7, 11) is 0. The second-order valence-corrected chi connectivity index (χ2v) is 3.62. The van der Waals surface area contributed by atoms with Gasteiger partial charge in [0.25, 0.3) is 0 Å². The Hall–Kier alpha value is -2.06. The Morgan fingerprint density at radius 3 is 2.50 bits per heavy atom. The second kappa shape index (κ2) is 6.92. The molecule has 4 nitrogen and oxygen atoms in total. The second-order valence-electron chi connectivity index (χ2n) is 3.62. The minimum atomic E-state index is -4.51. The highest BCUT2D eigenvalue weighted by atomic mass is 19.4. The first-order valence-electron chi connectivity index (χ1n) is 5.39. The van der Waals surface area contributed by atoms with Gasteiger partial charge in [-0.25, -0.2) is 0 Å². The normalized spacial score (nSPS) is 11.3. The third kappa shape index (κ3) is 6.21. The van der Waals surface area contributed by atoms with Crippen LogP contribution in [0.25, 0.3) is 0 Å². The Bertz CT molecular complexity index is 451. The van der Waals surface area contributed by atoms with Crippen LogP contribution in [0.5, 0.6) is 5.75 Å². The van der Waals surface area contributed by atoms with Crippen molar-refractivity contribution in [1.29, 1.82) is 0 Å². The number of alkyl halides is 5. The molecule has 0 aliphatic rings. The largest absolute Gasteiger partial charge is 0.433 e. The van der Waals surface area contributed by atoms with Gasteiger partial charge in [-0.15, -0.1) is 0 Å². The van der Waals surface area contributed by atoms with E-state index in [0.29, 0.717) is 0 Å². The van der Waals surface area contributed by atoms with E-state index in [1.807, 2.05) is 0 Å². The Balaban J connectivity index is 2.51. The third-order valence-corrected chi connectivity index (χ3v) is 2.03. The smallest absolute Gasteiger partial charge is 0.405 e. The third-order valence-electron chi connectivity index (χ3n) is 2.03. The lowest BCUT2D eigenvalue weighted by Gasteiger charge is -2.13. The highest BCUT2D eigenvalue weighted by Crippen LogP contribution is 2.25. The molecule has 0 saturated heterocycles. The van der Waals surface area contributed by atoms with Gasteiger partial charge in [0, 0.05) is 0 Å². The van der Waals surface area contributed by atoms with Crippen LogP contribution in [0.4, 0.5) is 27.6 Å². The van der Waals surface area contributed by atoms with Crippen LogP contribution in [0.2, 0.25) is 0 Å². The van der Waals surface area contributed by atoms with E-state index >= 15 is 0 Å². The Labute approximate surface area is 110 Å². The average Bonchev–Trinajstić information content (AvgIpc) is 2.34. The zero-order chi connectivity index (χ0) is 15.2. The molecule has 1 amide bonds. The van der Waals surface area contributed by atoms with Gasteiger partial charge in [-0.05, 0) is 12.1 Å². The van der Waals surface area contributed by atoms with Crippen LogP contribution in [0.3, 0.4) is 0 Å². The van der Waals surface area contributed by atoms with Crippen LogP contribution in [0.15, 0.2) is 24.3 Å². The molecule has 0 aromatic heterocycles. The van der Waals surface area contributed by atoms with Gasteiger partial charge in [-0.1, -0.05) is 12.1 Å². The fourth-order valence-corrected chi connectivity index (χ4v) is 1.25. The number of anilines is 1. The summed E-state index contributed by atoms with van der Waals surface area (Å²) in [4.78, 5) is 11.1. The topological polar surface area (TPSA) is 50.4 Å². The zero-order valence-electron chi connectivity index (χ0n) is 10.0. The van der Waals surface area contributed by atoms with Crippen molar-refractivity contribution in [3.8, 4) is 5.75 Å². The molecule has 0 radical (unpaired) electrons. The average molecular weight is 298 g/mol. The molecule has 9 heteroatoms. The van der Waals surface area contributed by atoms with Gasteiger partial charge in [0.2, 0.25) is 5.91 Å². The van der Waals surface area contributed by atoms with Crippen LogP contribution in [0.1, 0.15) is 0 Å². The first-order chi connectivity index (χ1) is 9.28. The monoisotopic (exact) mass is 298 g/mol. The first-order valence-corrected chi connectivity index (χ1v) is 5.39. The molecule has 0 atom stereocenters. The summed E-state index contributed by atoms with van der Waals surface area (Å²) in [5.41, 5.74) is 0.0787. The number of amides is 1. The number of halogens is 5. The van der Waals surface area contributed by atoms with E-state index in [4.69, 9.17) is 0 Å². The predicted octanol–water partition coefficient (Wildman–Crippen LogP) is 2.38. The molecule has 0 saturated carbocycles. The van der Waals surface area contributed by atoms with Crippen molar-refractivity contribution in [1.82, 2.24) is 5.32 Å². The van der Waals surface area contributed by atoms with Gasteiger partial charge < -0.3 is 15.4 Å². The minimum absolute atomic E-state index is 0.0787. The molecule has 0 aliphatic carbocycles. The van der Waals surface area contributed by atoms with E-state index < -0.39 is 31.8 Å². The van der Waals surface area contributed by atoms with Gasteiger partial charge in [0.05, 0.1) is 12.2 Å². The van der Waals surface area contributed by atoms with E-state index in [2.05, 4.69) is 10.1 Å². The lowest BCUT2D eigenvalue weighted by molar-refractivity contribution is -0.137. The molecule has 0 heterocycles. The van der Waals surface area contributed by atoms with Gasteiger partial charge in [-0.3, -0.25) is 4.79 Å². The fourth-order valence-electron chi connectivity index (χ4n) is 1.25. The lowest BCUT2D eigenvalue weighted by atomic mass is 10.3. The van der Waals surface area contributed by atoms with Crippen molar-refractivity contribution in [3.63, 3.8) is 0 Å². The summed E-state index contributed by atoms with van der Waals surface area (Å²) in [6.07, 6.45) is -4.51. The molecule has 1 rings (SSSR count). The van der Waals surface area contributed by atoms with Crippen LogP contribution in [0, 0.1) is 0 Å². The van der Waals surface area contributed by atoms with Crippen molar-refractivity contribution in [3.05, 3.63) is 24.3 Å². The molecule has 0 fully saturated rings. The maximum Gasteiger partial charge on any atom is 0.405 e. The highest BCUT2D eigenvalue weighted by molar-refractivity contribution is 5.81.